The van der Waals surface area contributed by atoms with E-state index in [1.807, 2.05) is 66.7 Å². The first-order valence-corrected chi connectivity index (χ1v) is 23.4. The monoisotopic (exact) mass is 837 g/mol. The van der Waals surface area contributed by atoms with Crippen molar-refractivity contribution in [3.63, 3.8) is 0 Å². The molecule has 0 aliphatic heterocycles. The van der Waals surface area contributed by atoms with Crippen LogP contribution in [0.4, 0.5) is 0 Å². The van der Waals surface area contributed by atoms with Gasteiger partial charge in [0.25, 0.3) is 0 Å². The van der Waals surface area contributed by atoms with Crippen LogP contribution < -0.4 is 20.7 Å². The number of fused-ring (bicyclic) bond motifs is 9. The molecule has 4 aromatic heterocycles. The molecule has 7 heteroatoms. The standard InChI is InChI=1S/C57H35N3O3Si/c1-3-16-39(17-4-1)64(40-18-5-2-6-19-40,53-28-14-27-52-54(53)44-23-9-12-26-49(44)63-52)41-20-13-15-36(33-41)55-58-56(37-29-31-50-45(34-37)42-21-7-10-24-47(42)61-50)60-57(59-55)38-30-32-51-46(35-38)43-22-8-11-25-48(43)62-51/h1-35H. The number of para-hydroxylation sites is 3. The predicted molar refractivity (Wildman–Crippen MR) is 262 cm³/mol. The van der Waals surface area contributed by atoms with E-state index >= 15 is 0 Å². The predicted octanol–water partition coefficient (Wildman–Crippen LogP) is 11.9. The first-order valence-electron chi connectivity index (χ1n) is 21.4. The van der Waals surface area contributed by atoms with Crippen molar-refractivity contribution in [1.29, 1.82) is 0 Å². The van der Waals surface area contributed by atoms with Gasteiger partial charge in [0.15, 0.2) is 25.5 Å². The Morgan fingerprint density at radius 2 is 0.688 bits per heavy atom. The average Bonchev–Trinajstić information content (AvgIpc) is 4.06. The van der Waals surface area contributed by atoms with Gasteiger partial charge in [-0.15, -0.1) is 0 Å². The van der Waals surface area contributed by atoms with Gasteiger partial charge in [0.2, 0.25) is 0 Å². The second-order valence-corrected chi connectivity index (χ2v) is 20.0. The van der Waals surface area contributed by atoms with Crippen molar-refractivity contribution in [2.24, 2.45) is 0 Å². The number of furan rings is 3. The lowest BCUT2D eigenvalue weighted by Gasteiger charge is -2.35. The minimum Gasteiger partial charge on any atom is -0.456 e. The Kier molecular flexibility index (Phi) is 8.13. The van der Waals surface area contributed by atoms with Crippen molar-refractivity contribution in [2.75, 3.05) is 0 Å². The summed E-state index contributed by atoms with van der Waals surface area (Å²) in [5, 5.41) is 11.3. The fourth-order valence-corrected chi connectivity index (χ4v) is 14.8. The van der Waals surface area contributed by atoms with Crippen molar-refractivity contribution in [3.8, 4) is 34.2 Å². The molecule has 0 saturated carbocycles. The van der Waals surface area contributed by atoms with E-state index in [2.05, 4.69) is 146 Å². The van der Waals surface area contributed by atoms with Crippen LogP contribution in [0, 0.1) is 0 Å². The highest BCUT2D eigenvalue weighted by molar-refractivity contribution is 7.20. The van der Waals surface area contributed by atoms with Crippen molar-refractivity contribution in [2.45, 2.75) is 0 Å². The molecule has 0 bridgehead atoms. The molecule has 6 nitrogen and oxygen atoms in total. The first-order chi connectivity index (χ1) is 31.7. The summed E-state index contributed by atoms with van der Waals surface area (Å²) in [6.45, 7) is 0. The molecule has 13 aromatic rings. The van der Waals surface area contributed by atoms with Gasteiger partial charge in [-0.25, -0.2) is 15.0 Å². The van der Waals surface area contributed by atoms with Crippen LogP contribution >= 0.6 is 0 Å². The lowest BCUT2D eigenvalue weighted by Crippen LogP contribution is -2.74. The van der Waals surface area contributed by atoms with E-state index in [0.29, 0.717) is 17.5 Å². The Balaban J connectivity index is 1.07. The summed E-state index contributed by atoms with van der Waals surface area (Å²) in [7, 11) is -3.11. The summed E-state index contributed by atoms with van der Waals surface area (Å²) in [5.74, 6) is 1.71. The molecule has 0 atom stereocenters. The van der Waals surface area contributed by atoms with Crippen LogP contribution in [0.25, 0.3) is 100.0 Å². The third-order valence-corrected chi connectivity index (χ3v) is 17.5. The summed E-state index contributed by atoms with van der Waals surface area (Å²) >= 11 is 0. The second kappa shape index (κ2) is 14.3. The highest BCUT2D eigenvalue weighted by Crippen LogP contribution is 2.35. The average molecular weight is 838 g/mol. The van der Waals surface area contributed by atoms with Gasteiger partial charge in [-0.1, -0.05) is 152 Å². The number of hydrogen-bond donors (Lipinski definition) is 0. The van der Waals surface area contributed by atoms with Gasteiger partial charge in [-0.2, -0.15) is 0 Å². The van der Waals surface area contributed by atoms with Gasteiger partial charge in [-0.05, 0) is 81.4 Å². The van der Waals surface area contributed by atoms with Crippen molar-refractivity contribution in [3.05, 3.63) is 212 Å². The topological polar surface area (TPSA) is 78.1 Å². The van der Waals surface area contributed by atoms with Crippen molar-refractivity contribution < 1.29 is 13.3 Å². The molecule has 300 valence electrons. The summed E-state index contributed by atoms with van der Waals surface area (Å²) in [6.07, 6.45) is 0. The van der Waals surface area contributed by atoms with E-state index in [1.54, 1.807) is 0 Å². The Morgan fingerprint density at radius 3 is 1.25 bits per heavy atom. The molecule has 0 fully saturated rings. The summed E-state index contributed by atoms with van der Waals surface area (Å²) in [5.41, 5.74) is 7.67. The van der Waals surface area contributed by atoms with E-state index in [1.165, 1.54) is 20.7 Å². The van der Waals surface area contributed by atoms with Crippen LogP contribution in [-0.4, -0.2) is 23.0 Å². The maximum Gasteiger partial charge on any atom is 0.180 e. The molecule has 0 N–H and O–H groups in total. The Labute approximate surface area is 367 Å². The molecular weight excluding hydrogens is 803 g/mol. The largest absolute Gasteiger partial charge is 0.456 e. The van der Waals surface area contributed by atoms with Crippen LogP contribution in [0.3, 0.4) is 0 Å². The van der Waals surface area contributed by atoms with Gasteiger partial charge < -0.3 is 13.3 Å². The quantitative estimate of drug-likeness (QED) is 0.118. The van der Waals surface area contributed by atoms with E-state index in [-0.39, 0.29) is 0 Å². The second-order valence-electron chi connectivity index (χ2n) is 16.3. The third kappa shape index (κ3) is 5.61. The van der Waals surface area contributed by atoms with Gasteiger partial charge in [0, 0.05) is 49.0 Å². The normalized spacial score (nSPS) is 12.1. The van der Waals surface area contributed by atoms with E-state index in [4.69, 9.17) is 28.2 Å². The maximum absolute atomic E-state index is 6.57. The summed E-state index contributed by atoms with van der Waals surface area (Å²) < 4.78 is 19.0. The lowest BCUT2D eigenvalue weighted by atomic mass is 10.1. The zero-order chi connectivity index (χ0) is 42.2. The third-order valence-electron chi connectivity index (χ3n) is 12.7. The Morgan fingerprint density at radius 1 is 0.281 bits per heavy atom. The van der Waals surface area contributed by atoms with Crippen LogP contribution in [0.15, 0.2) is 226 Å². The minimum atomic E-state index is -3.11. The molecular formula is C57H35N3O3Si. The number of nitrogens with zero attached hydrogens (tertiary/aromatic N) is 3. The lowest BCUT2D eigenvalue weighted by molar-refractivity contribution is 0.668. The number of rotatable bonds is 7. The van der Waals surface area contributed by atoms with Crippen molar-refractivity contribution >= 4 is 94.6 Å². The zero-order valence-electron chi connectivity index (χ0n) is 34.3. The molecule has 0 spiro atoms. The first kappa shape index (κ1) is 36.3. The van der Waals surface area contributed by atoms with Gasteiger partial charge in [-0.3, -0.25) is 0 Å². The number of benzene rings is 9. The SMILES string of the molecule is c1ccc([Si](c2ccccc2)(c2cccc(-c3nc(-c4ccc5oc6ccccc6c5c4)nc(-c4ccc5oc6ccccc6c5c4)n3)c2)c2cccc3oc4ccccc4c23)cc1. The van der Waals surface area contributed by atoms with Gasteiger partial charge in [0.1, 0.15) is 33.5 Å². The molecule has 4 heterocycles. The number of aromatic nitrogens is 3. The van der Waals surface area contributed by atoms with Crippen LogP contribution in [0.2, 0.25) is 0 Å². The minimum absolute atomic E-state index is 0.569. The molecule has 0 amide bonds. The van der Waals surface area contributed by atoms with Gasteiger partial charge >= 0.3 is 0 Å². The van der Waals surface area contributed by atoms with Crippen LogP contribution in [0.1, 0.15) is 0 Å². The van der Waals surface area contributed by atoms with Crippen molar-refractivity contribution in [1.82, 2.24) is 15.0 Å². The van der Waals surface area contributed by atoms with E-state index in [0.717, 1.165) is 82.5 Å². The fraction of sp³-hybridized carbons (Fsp3) is 0. The van der Waals surface area contributed by atoms with Gasteiger partial charge in [0.05, 0.1) is 0 Å². The molecule has 0 saturated heterocycles. The Hall–Kier alpha value is -8.39. The molecule has 0 radical (unpaired) electrons. The molecule has 13 rings (SSSR count). The molecule has 0 aliphatic carbocycles. The van der Waals surface area contributed by atoms with Crippen LogP contribution in [-0.2, 0) is 0 Å². The zero-order valence-corrected chi connectivity index (χ0v) is 35.3. The summed E-state index contributed by atoms with van der Waals surface area (Å²) in [6, 6.07) is 74.4. The smallest absolute Gasteiger partial charge is 0.180 e. The highest BCUT2D eigenvalue weighted by Gasteiger charge is 2.43. The van der Waals surface area contributed by atoms with Crippen LogP contribution in [0.5, 0.6) is 0 Å². The number of hydrogen-bond acceptors (Lipinski definition) is 6. The molecule has 0 unspecified atom stereocenters. The Bertz CT molecular complexity index is 3760. The highest BCUT2D eigenvalue weighted by atomic mass is 28.3. The molecule has 9 aromatic carbocycles. The van der Waals surface area contributed by atoms with E-state index in [9.17, 15) is 0 Å². The maximum atomic E-state index is 6.57. The molecule has 64 heavy (non-hydrogen) atoms. The summed E-state index contributed by atoms with van der Waals surface area (Å²) in [4.78, 5) is 15.9. The van der Waals surface area contributed by atoms with E-state index < -0.39 is 8.07 Å². The fourth-order valence-electron chi connectivity index (χ4n) is 9.82. The molecule has 0 aliphatic rings.